The Morgan fingerprint density at radius 3 is 2.41 bits per heavy atom. The van der Waals surface area contributed by atoms with Crippen LogP contribution in [0.25, 0.3) is 0 Å². The first-order valence-electron chi connectivity index (χ1n) is 7.04. The Morgan fingerprint density at radius 1 is 1.09 bits per heavy atom. The van der Waals surface area contributed by atoms with Crippen LogP contribution in [-0.4, -0.2) is 19.1 Å². The van der Waals surface area contributed by atoms with Crippen molar-refractivity contribution in [3.63, 3.8) is 0 Å². The molecule has 0 heterocycles. The minimum atomic E-state index is -0.292. The largest absolute Gasteiger partial charge is 0.489 e. The van der Waals surface area contributed by atoms with E-state index in [4.69, 9.17) is 9.47 Å². The van der Waals surface area contributed by atoms with E-state index in [2.05, 4.69) is 5.32 Å². The van der Waals surface area contributed by atoms with Gasteiger partial charge in [0.05, 0.1) is 6.61 Å². The van der Waals surface area contributed by atoms with E-state index < -0.39 is 0 Å². The number of carbonyl (C=O) groups excluding carboxylic acids is 1. The average Bonchev–Trinajstić information content (AvgIpc) is 2.54. The Hall–Kier alpha value is -2.56. The Morgan fingerprint density at radius 2 is 1.77 bits per heavy atom. The number of hydrogen-bond donors (Lipinski definition) is 1. The van der Waals surface area contributed by atoms with Gasteiger partial charge >= 0.3 is 5.97 Å². The molecule has 0 fully saturated rings. The van der Waals surface area contributed by atoms with Crippen molar-refractivity contribution in [2.45, 2.75) is 13.5 Å². The monoisotopic (exact) mass is 303 g/mol. The number of nitrogens with one attached hydrogen (secondary N) is 1. The van der Waals surface area contributed by atoms with Gasteiger partial charge in [-0.15, -0.1) is 0 Å². The van der Waals surface area contributed by atoms with E-state index in [1.54, 1.807) is 31.2 Å². The van der Waals surface area contributed by atoms with Crippen LogP contribution < -0.4 is 10.1 Å². The van der Waals surface area contributed by atoms with Crippen molar-refractivity contribution in [2.24, 2.45) is 0 Å². The summed E-state index contributed by atoms with van der Waals surface area (Å²) in [6.45, 7) is 2.64. The summed E-state index contributed by atoms with van der Waals surface area (Å²) in [4.78, 5) is 11.2. The van der Waals surface area contributed by atoms with Crippen molar-refractivity contribution in [3.05, 3.63) is 59.9 Å². The molecule has 116 valence electrons. The summed E-state index contributed by atoms with van der Waals surface area (Å²) < 4.78 is 23.2. The minimum Gasteiger partial charge on any atom is -0.489 e. The third-order valence-corrected chi connectivity index (χ3v) is 2.92. The second-order valence-electron chi connectivity index (χ2n) is 4.60. The van der Waals surface area contributed by atoms with E-state index in [0.717, 1.165) is 11.3 Å². The molecule has 5 heteroatoms. The molecule has 0 aliphatic rings. The highest BCUT2D eigenvalue weighted by atomic mass is 19.1. The van der Waals surface area contributed by atoms with Crippen molar-refractivity contribution in [1.29, 1.82) is 0 Å². The van der Waals surface area contributed by atoms with Crippen LogP contribution in [0, 0.1) is 5.82 Å². The lowest BCUT2D eigenvalue weighted by molar-refractivity contribution is -0.140. The molecule has 0 atom stereocenters. The quantitative estimate of drug-likeness (QED) is 0.797. The van der Waals surface area contributed by atoms with Crippen molar-refractivity contribution < 1.29 is 18.7 Å². The highest BCUT2D eigenvalue weighted by Crippen LogP contribution is 2.17. The van der Waals surface area contributed by atoms with Crippen molar-refractivity contribution in [1.82, 2.24) is 0 Å². The van der Waals surface area contributed by atoms with Crippen molar-refractivity contribution in [2.75, 3.05) is 18.5 Å². The predicted molar refractivity (Wildman–Crippen MR) is 82.3 cm³/mol. The summed E-state index contributed by atoms with van der Waals surface area (Å²) in [5.41, 5.74) is 1.70. The summed E-state index contributed by atoms with van der Waals surface area (Å²) in [5, 5.41) is 2.96. The van der Waals surface area contributed by atoms with Gasteiger partial charge < -0.3 is 14.8 Å². The first kappa shape index (κ1) is 15.8. The second-order valence-corrected chi connectivity index (χ2v) is 4.60. The summed E-state index contributed by atoms with van der Waals surface area (Å²) in [6.07, 6.45) is 0. The Balaban J connectivity index is 1.81. The SMILES string of the molecule is CCOC(=O)CNc1ccc(OCc2ccc(F)cc2)cc1. The minimum absolute atomic E-state index is 0.129. The third kappa shape index (κ3) is 5.09. The number of anilines is 1. The highest BCUT2D eigenvalue weighted by Gasteiger charge is 2.02. The van der Waals surface area contributed by atoms with Crippen LogP contribution in [0.5, 0.6) is 5.75 Å². The average molecular weight is 303 g/mol. The van der Waals surface area contributed by atoms with Gasteiger partial charge in [-0.25, -0.2) is 4.39 Å². The zero-order valence-corrected chi connectivity index (χ0v) is 12.3. The van der Waals surface area contributed by atoms with Crippen LogP contribution in [-0.2, 0) is 16.1 Å². The zero-order chi connectivity index (χ0) is 15.8. The number of halogens is 1. The molecule has 0 aromatic heterocycles. The molecule has 2 aromatic carbocycles. The van der Waals surface area contributed by atoms with Gasteiger partial charge in [0, 0.05) is 5.69 Å². The molecule has 0 aliphatic heterocycles. The summed E-state index contributed by atoms with van der Waals surface area (Å²) in [7, 11) is 0. The molecule has 0 amide bonds. The van der Waals surface area contributed by atoms with E-state index in [1.165, 1.54) is 12.1 Å². The van der Waals surface area contributed by atoms with Crippen LogP contribution >= 0.6 is 0 Å². The van der Waals surface area contributed by atoms with E-state index in [-0.39, 0.29) is 18.3 Å². The lowest BCUT2D eigenvalue weighted by atomic mass is 10.2. The lowest BCUT2D eigenvalue weighted by Crippen LogP contribution is -2.16. The van der Waals surface area contributed by atoms with E-state index in [1.807, 2.05) is 12.1 Å². The maximum atomic E-state index is 12.8. The zero-order valence-electron chi connectivity index (χ0n) is 12.3. The molecule has 0 spiro atoms. The van der Waals surface area contributed by atoms with Gasteiger partial charge in [-0.05, 0) is 48.9 Å². The number of carbonyl (C=O) groups is 1. The fraction of sp³-hybridized carbons (Fsp3) is 0.235. The maximum Gasteiger partial charge on any atom is 0.325 e. The fourth-order valence-electron chi connectivity index (χ4n) is 1.80. The molecule has 0 radical (unpaired) electrons. The summed E-state index contributed by atoms with van der Waals surface area (Å²) in [5.74, 6) is 0.144. The van der Waals surface area contributed by atoms with Crippen LogP contribution in [0.15, 0.2) is 48.5 Å². The topological polar surface area (TPSA) is 47.6 Å². The van der Waals surface area contributed by atoms with Gasteiger partial charge in [-0.3, -0.25) is 4.79 Å². The molecule has 22 heavy (non-hydrogen) atoms. The molecular formula is C17H18FNO3. The Bertz CT molecular complexity index is 596. The molecule has 0 aliphatic carbocycles. The number of esters is 1. The molecule has 2 rings (SSSR count). The Kier molecular flexibility index (Phi) is 5.77. The van der Waals surface area contributed by atoms with Crippen molar-refractivity contribution in [3.8, 4) is 5.75 Å². The summed E-state index contributed by atoms with van der Waals surface area (Å²) >= 11 is 0. The van der Waals surface area contributed by atoms with E-state index in [0.29, 0.717) is 19.0 Å². The molecule has 1 N–H and O–H groups in total. The second kappa shape index (κ2) is 8.02. The summed E-state index contributed by atoms with van der Waals surface area (Å²) in [6, 6.07) is 13.4. The normalized spacial score (nSPS) is 10.1. The van der Waals surface area contributed by atoms with Gasteiger partial charge in [0.15, 0.2) is 0 Å². The predicted octanol–water partition coefficient (Wildman–Crippen LogP) is 3.38. The van der Waals surface area contributed by atoms with Crippen LogP contribution in [0.2, 0.25) is 0 Å². The van der Waals surface area contributed by atoms with Crippen LogP contribution in [0.1, 0.15) is 12.5 Å². The van der Waals surface area contributed by atoms with Gasteiger partial charge in [0.1, 0.15) is 24.7 Å². The molecule has 0 bridgehead atoms. The van der Waals surface area contributed by atoms with Gasteiger partial charge in [0.2, 0.25) is 0 Å². The van der Waals surface area contributed by atoms with Gasteiger partial charge in [-0.2, -0.15) is 0 Å². The maximum absolute atomic E-state index is 12.8. The highest BCUT2D eigenvalue weighted by molar-refractivity contribution is 5.74. The first-order valence-corrected chi connectivity index (χ1v) is 7.04. The molecule has 4 nitrogen and oxygen atoms in total. The van der Waals surface area contributed by atoms with Gasteiger partial charge in [0.25, 0.3) is 0 Å². The molecule has 0 saturated heterocycles. The van der Waals surface area contributed by atoms with Crippen molar-refractivity contribution >= 4 is 11.7 Å². The molecular weight excluding hydrogens is 285 g/mol. The molecule has 0 unspecified atom stereocenters. The Labute approximate surface area is 128 Å². The number of ether oxygens (including phenoxy) is 2. The third-order valence-electron chi connectivity index (χ3n) is 2.92. The van der Waals surface area contributed by atoms with E-state index >= 15 is 0 Å². The number of benzene rings is 2. The van der Waals surface area contributed by atoms with Crippen LogP contribution in [0.3, 0.4) is 0 Å². The lowest BCUT2D eigenvalue weighted by Gasteiger charge is -2.09. The van der Waals surface area contributed by atoms with E-state index in [9.17, 15) is 9.18 Å². The van der Waals surface area contributed by atoms with Gasteiger partial charge in [-0.1, -0.05) is 12.1 Å². The first-order chi connectivity index (χ1) is 10.7. The number of rotatable bonds is 7. The number of hydrogen-bond acceptors (Lipinski definition) is 4. The smallest absolute Gasteiger partial charge is 0.325 e. The molecule has 0 saturated carbocycles. The van der Waals surface area contributed by atoms with Crippen LogP contribution in [0.4, 0.5) is 10.1 Å². The standard InChI is InChI=1S/C17H18FNO3/c1-2-21-17(20)11-19-15-7-9-16(10-8-15)22-12-13-3-5-14(18)6-4-13/h3-10,19H,2,11-12H2,1H3. The fourth-order valence-corrected chi connectivity index (χ4v) is 1.80. The molecule has 2 aromatic rings.